The molecule has 2 heteroatoms. The predicted molar refractivity (Wildman–Crippen MR) is 74.4 cm³/mol. The van der Waals surface area contributed by atoms with Crippen molar-refractivity contribution >= 4 is 5.69 Å². The van der Waals surface area contributed by atoms with Gasteiger partial charge >= 0.3 is 0 Å². The average molecular weight is 232 g/mol. The summed E-state index contributed by atoms with van der Waals surface area (Å²) in [4.78, 5) is 0. The number of hydrogen-bond donors (Lipinski definition) is 2. The molecule has 0 amide bonds. The van der Waals surface area contributed by atoms with Gasteiger partial charge in [-0.25, -0.2) is 0 Å². The van der Waals surface area contributed by atoms with Crippen LogP contribution in [0.3, 0.4) is 0 Å². The molecule has 0 bridgehead atoms. The Bertz CT molecular complexity index is 373. The van der Waals surface area contributed by atoms with E-state index in [1.54, 1.807) is 0 Å². The quantitative estimate of drug-likeness (QED) is 0.814. The highest BCUT2D eigenvalue weighted by molar-refractivity contribution is 5.61. The second kappa shape index (κ2) is 5.54. The lowest BCUT2D eigenvalue weighted by molar-refractivity contribution is 0.390. The Kier molecular flexibility index (Phi) is 4.06. The van der Waals surface area contributed by atoms with Crippen LogP contribution in [0.1, 0.15) is 38.3 Å². The van der Waals surface area contributed by atoms with Crippen LogP contribution in [0.2, 0.25) is 0 Å². The minimum Gasteiger partial charge on any atom is -0.384 e. The van der Waals surface area contributed by atoms with E-state index in [2.05, 4.69) is 49.6 Å². The molecule has 1 heterocycles. The fourth-order valence-corrected chi connectivity index (χ4v) is 2.38. The maximum atomic E-state index is 3.64. The monoisotopic (exact) mass is 232 g/mol. The molecule has 0 aliphatic carbocycles. The minimum atomic E-state index is 0.581. The van der Waals surface area contributed by atoms with Gasteiger partial charge in [0.15, 0.2) is 0 Å². The van der Waals surface area contributed by atoms with Gasteiger partial charge in [0.25, 0.3) is 0 Å². The number of fused-ring (bicyclic) bond motifs is 1. The highest BCUT2D eigenvalue weighted by Crippen LogP contribution is 2.26. The van der Waals surface area contributed by atoms with Gasteiger partial charge in [0, 0.05) is 24.8 Å². The molecule has 2 N–H and O–H groups in total. The molecule has 2 unspecified atom stereocenters. The third-order valence-electron chi connectivity index (χ3n) is 4.05. The Labute approximate surface area is 105 Å². The number of hydrogen-bond acceptors (Lipinski definition) is 2. The van der Waals surface area contributed by atoms with Gasteiger partial charge < -0.3 is 10.6 Å². The molecule has 1 aromatic rings. The summed E-state index contributed by atoms with van der Waals surface area (Å²) in [6.45, 7) is 8.91. The van der Waals surface area contributed by atoms with Crippen LogP contribution in [0, 0.1) is 5.92 Å². The Balaban J connectivity index is 1.98. The Morgan fingerprint density at radius 1 is 1.35 bits per heavy atom. The first-order valence-electron chi connectivity index (χ1n) is 6.80. The fraction of sp³-hybridized carbons (Fsp3) is 0.600. The summed E-state index contributed by atoms with van der Waals surface area (Å²) in [5.41, 5.74) is 4.26. The molecule has 2 rings (SSSR count). The van der Waals surface area contributed by atoms with E-state index < -0.39 is 0 Å². The zero-order valence-corrected chi connectivity index (χ0v) is 11.2. The number of rotatable bonds is 5. The maximum Gasteiger partial charge on any atom is 0.0419 e. The van der Waals surface area contributed by atoms with E-state index in [1.807, 2.05) is 0 Å². The summed E-state index contributed by atoms with van der Waals surface area (Å²) in [6, 6.07) is 7.22. The summed E-state index contributed by atoms with van der Waals surface area (Å²) in [5.74, 6) is 0.736. The lowest BCUT2D eigenvalue weighted by Crippen LogP contribution is -2.31. The van der Waals surface area contributed by atoms with Crippen LogP contribution in [0.5, 0.6) is 0 Å². The molecule has 0 radical (unpaired) electrons. The standard InChI is InChI=1S/C15H24N2/c1-4-11(2)12(3)17-10-14-7-5-6-13-8-9-16-15(13)14/h5-7,11-12,16-17H,4,8-10H2,1-3H3. The van der Waals surface area contributed by atoms with Crippen molar-refractivity contribution in [2.75, 3.05) is 11.9 Å². The fourth-order valence-electron chi connectivity index (χ4n) is 2.38. The van der Waals surface area contributed by atoms with Crippen LogP contribution in [-0.2, 0) is 13.0 Å². The Hall–Kier alpha value is -1.02. The van der Waals surface area contributed by atoms with E-state index in [9.17, 15) is 0 Å². The second-order valence-corrected chi connectivity index (χ2v) is 5.18. The van der Waals surface area contributed by atoms with Crippen molar-refractivity contribution in [1.29, 1.82) is 0 Å². The highest BCUT2D eigenvalue weighted by Gasteiger charge is 2.15. The normalized spacial score (nSPS) is 17.4. The average Bonchev–Trinajstić information content (AvgIpc) is 2.83. The summed E-state index contributed by atoms with van der Waals surface area (Å²) in [6.07, 6.45) is 2.41. The molecule has 1 aliphatic rings. The molecule has 0 saturated carbocycles. The summed E-state index contributed by atoms with van der Waals surface area (Å²) < 4.78 is 0. The number of anilines is 1. The van der Waals surface area contributed by atoms with Crippen molar-refractivity contribution in [2.24, 2.45) is 5.92 Å². The van der Waals surface area contributed by atoms with E-state index in [1.165, 1.54) is 29.7 Å². The highest BCUT2D eigenvalue weighted by atomic mass is 14.9. The van der Waals surface area contributed by atoms with Crippen molar-refractivity contribution in [3.63, 3.8) is 0 Å². The van der Waals surface area contributed by atoms with Gasteiger partial charge in [-0.2, -0.15) is 0 Å². The summed E-state index contributed by atoms with van der Waals surface area (Å²) >= 11 is 0. The number of nitrogens with one attached hydrogen (secondary N) is 2. The SMILES string of the molecule is CCC(C)C(C)NCc1cccc2c1NCC2. The molecule has 1 aliphatic heterocycles. The van der Waals surface area contributed by atoms with E-state index in [0.29, 0.717) is 6.04 Å². The van der Waals surface area contributed by atoms with Crippen molar-refractivity contribution in [3.05, 3.63) is 29.3 Å². The predicted octanol–water partition coefficient (Wildman–Crippen LogP) is 3.18. The van der Waals surface area contributed by atoms with E-state index in [4.69, 9.17) is 0 Å². The first-order chi connectivity index (χ1) is 8.22. The van der Waals surface area contributed by atoms with E-state index in [0.717, 1.165) is 19.0 Å². The van der Waals surface area contributed by atoms with Crippen LogP contribution in [0.15, 0.2) is 18.2 Å². The van der Waals surface area contributed by atoms with Gasteiger partial charge in [0.1, 0.15) is 0 Å². The van der Waals surface area contributed by atoms with Gasteiger partial charge in [-0.05, 0) is 30.4 Å². The summed E-state index contributed by atoms with van der Waals surface area (Å²) in [7, 11) is 0. The summed E-state index contributed by atoms with van der Waals surface area (Å²) in [5, 5.41) is 7.13. The molecule has 17 heavy (non-hydrogen) atoms. The number of benzene rings is 1. The van der Waals surface area contributed by atoms with Gasteiger partial charge in [-0.3, -0.25) is 0 Å². The minimum absolute atomic E-state index is 0.581. The van der Waals surface area contributed by atoms with Gasteiger partial charge in [0.2, 0.25) is 0 Å². The maximum absolute atomic E-state index is 3.64. The smallest absolute Gasteiger partial charge is 0.0419 e. The van der Waals surface area contributed by atoms with Crippen LogP contribution < -0.4 is 10.6 Å². The topological polar surface area (TPSA) is 24.1 Å². The third kappa shape index (κ3) is 2.81. The molecule has 0 saturated heterocycles. The Morgan fingerprint density at radius 3 is 2.94 bits per heavy atom. The lowest BCUT2D eigenvalue weighted by Gasteiger charge is -2.20. The molecule has 0 fully saturated rings. The van der Waals surface area contributed by atoms with Crippen LogP contribution >= 0.6 is 0 Å². The van der Waals surface area contributed by atoms with E-state index >= 15 is 0 Å². The van der Waals surface area contributed by atoms with E-state index in [-0.39, 0.29) is 0 Å². The lowest BCUT2D eigenvalue weighted by atomic mass is 10.0. The van der Waals surface area contributed by atoms with Gasteiger partial charge in [0.05, 0.1) is 0 Å². The van der Waals surface area contributed by atoms with Gasteiger partial charge in [-0.1, -0.05) is 38.5 Å². The van der Waals surface area contributed by atoms with Crippen LogP contribution in [-0.4, -0.2) is 12.6 Å². The van der Waals surface area contributed by atoms with Gasteiger partial charge in [-0.15, -0.1) is 0 Å². The second-order valence-electron chi connectivity index (χ2n) is 5.18. The van der Waals surface area contributed by atoms with Crippen molar-refractivity contribution in [1.82, 2.24) is 5.32 Å². The molecular formula is C15H24N2. The molecule has 0 spiro atoms. The molecule has 0 aromatic heterocycles. The van der Waals surface area contributed by atoms with Crippen LogP contribution in [0.25, 0.3) is 0 Å². The molecule has 2 nitrogen and oxygen atoms in total. The van der Waals surface area contributed by atoms with Crippen molar-refractivity contribution in [2.45, 2.75) is 46.2 Å². The molecular weight excluding hydrogens is 208 g/mol. The Morgan fingerprint density at radius 2 is 2.18 bits per heavy atom. The van der Waals surface area contributed by atoms with Crippen molar-refractivity contribution < 1.29 is 0 Å². The van der Waals surface area contributed by atoms with Crippen molar-refractivity contribution in [3.8, 4) is 0 Å². The zero-order valence-electron chi connectivity index (χ0n) is 11.2. The first-order valence-corrected chi connectivity index (χ1v) is 6.80. The first kappa shape index (κ1) is 12.4. The number of para-hydroxylation sites is 1. The molecule has 94 valence electrons. The molecule has 1 aromatic carbocycles. The third-order valence-corrected chi connectivity index (χ3v) is 4.05. The molecule has 2 atom stereocenters. The zero-order chi connectivity index (χ0) is 12.3. The largest absolute Gasteiger partial charge is 0.384 e. The van der Waals surface area contributed by atoms with Crippen LogP contribution in [0.4, 0.5) is 5.69 Å².